The Labute approximate surface area is 186 Å². The van der Waals surface area contributed by atoms with Gasteiger partial charge in [-0.05, 0) is 50.6 Å². The monoisotopic (exact) mass is 433 g/mol. The van der Waals surface area contributed by atoms with E-state index in [1.165, 1.54) is 0 Å². The Bertz CT molecular complexity index is 1150. The predicted octanol–water partition coefficient (Wildman–Crippen LogP) is 5.79. The van der Waals surface area contributed by atoms with Crippen molar-refractivity contribution in [1.82, 2.24) is 14.9 Å². The number of fused-ring (bicyclic) bond motifs is 1. The third kappa shape index (κ3) is 4.51. The van der Waals surface area contributed by atoms with E-state index in [0.717, 1.165) is 33.5 Å². The standard InChI is InChI=1S/C25H27N3O2S/c1-17(21-14-9-10-16-26-21)23(28-31(29)25(2,3)4)18-11-5-6-12-19(18)24-20-13-7-8-15-22(20)30-27-24/h5-17,23,28H,1-4H3/t17-,23-,31+/m1/s1. The van der Waals surface area contributed by atoms with Gasteiger partial charge in [-0.2, -0.15) is 0 Å². The van der Waals surface area contributed by atoms with Crippen LogP contribution in [0.4, 0.5) is 0 Å². The number of nitrogens with zero attached hydrogens (tertiary/aromatic N) is 2. The molecule has 0 aliphatic rings. The molecule has 4 aromatic rings. The van der Waals surface area contributed by atoms with Crippen LogP contribution in [0.5, 0.6) is 0 Å². The number of rotatable bonds is 6. The van der Waals surface area contributed by atoms with Crippen molar-refractivity contribution in [3.05, 3.63) is 84.2 Å². The average Bonchev–Trinajstić information content (AvgIpc) is 3.21. The van der Waals surface area contributed by atoms with Crippen LogP contribution in [0.25, 0.3) is 22.2 Å². The van der Waals surface area contributed by atoms with E-state index < -0.39 is 16.1 Å². The molecule has 160 valence electrons. The Morgan fingerprint density at radius 3 is 2.42 bits per heavy atom. The van der Waals surface area contributed by atoms with Crippen molar-refractivity contribution in [1.29, 1.82) is 0 Å². The van der Waals surface area contributed by atoms with Gasteiger partial charge in [0.25, 0.3) is 0 Å². The van der Waals surface area contributed by atoms with Gasteiger partial charge in [0.2, 0.25) is 0 Å². The molecule has 4 rings (SSSR count). The van der Waals surface area contributed by atoms with Crippen LogP contribution in [0.15, 0.2) is 77.4 Å². The van der Waals surface area contributed by atoms with Gasteiger partial charge in [-0.3, -0.25) is 4.98 Å². The number of pyridine rings is 1. The molecular weight excluding hydrogens is 406 g/mol. The third-order valence-electron chi connectivity index (χ3n) is 5.37. The first-order valence-corrected chi connectivity index (χ1v) is 11.5. The fraction of sp³-hybridized carbons (Fsp3) is 0.280. The maximum absolute atomic E-state index is 13.1. The summed E-state index contributed by atoms with van der Waals surface area (Å²) < 4.78 is 21.7. The van der Waals surface area contributed by atoms with Crippen molar-refractivity contribution in [3.8, 4) is 11.3 Å². The molecule has 0 aliphatic heterocycles. The van der Waals surface area contributed by atoms with E-state index in [0.29, 0.717) is 0 Å². The molecule has 5 nitrogen and oxygen atoms in total. The van der Waals surface area contributed by atoms with Crippen molar-refractivity contribution in [2.45, 2.75) is 44.4 Å². The van der Waals surface area contributed by atoms with Crippen molar-refractivity contribution in [2.75, 3.05) is 0 Å². The van der Waals surface area contributed by atoms with E-state index in [4.69, 9.17) is 4.52 Å². The van der Waals surface area contributed by atoms with Crippen LogP contribution in [-0.2, 0) is 11.4 Å². The molecule has 31 heavy (non-hydrogen) atoms. The Balaban J connectivity index is 1.84. The highest BCUT2D eigenvalue weighted by atomic mass is 32.2. The van der Waals surface area contributed by atoms with Crippen molar-refractivity contribution in [3.63, 3.8) is 0 Å². The second-order valence-corrected chi connectivity index (χ2v) is 10.6. The molecule has 3 atom stereocenters. The number of hydrogen-bond donors (Lipinski definition) is 1. The molecule has 0 fully saturated rings. The number of benzene rings is 2. The molecule has 0 unspecified atom stereocenters. The first-order chi connectivity index (χ1) is 14.9. The molecule has 1 N–H and O–H groups in total. The van der Waals surface area contributed by atoms with Crippen LogP contribution in [0, 0.1) is 0 Å². The van der Waals surface area contributed by atoms with Crippen LogP contribution in [0.2, 0.25) is 0 Å². The summed E-state index contributed by atoms with van der Waals surface area (Å²) in [6.45, 7) is 8.01. The molecule has 0 saturated heterocycles. The van der Waals surface area contributed by atoms with Gasteiger partial charge in [0.05, 0.1) is 6.04 Å². The molecule has 0 bridgehead atoms. The summed E-state index contributed by atoms with van der Waals surface area (Å²) in [4.78, 5) is 4.56. The van der Waals surface area contributed by atoms with Gasteiger partial charge in [-0.1, -0.05) is 54.5 Å². The Kier molecular flexibility index (Phi) is 6.14. The van der Waals surface area contributed by atoms with E-state index >= 15 is 0 Å². The molecule has 2 aromatic heterocycles. The number of nitrogens with one attached hydrogen (secondary N) is 1. The third-order valence-corrected chi connectivity index (χ3v) is 6.95. The van der Waals surface area contributed by atoms with Crippen LogP contribution >= 0.6 is 0 Å². The highest BCUT2D eigenvalue weighted by Gasteiger charge is 2.34. The van der Waals surface area contributed by atoms with Gasteiger partial charge in [-0.15, -0.1) is 4.72 Å². The summed E-state index contributed by atoms with van der Waals surface area (Å²) in [5.41, 5.74) is 4.43. The Morgan fingerprint density at radius 1 is 0.968 bits per heavy atom. The lowest BCUT2D eigenvalue weighted by Gasteiger charge is -2.31. The van der Waals surface area contributed by atoms with E-state index in [1.807, 2.05) is 81.4 Å². The quantitative estimate of drug-likeness (QED) is 0.390. The maximum Gasteiger partial charge on any atom is 0.167 e. The lowest BCUT2D eigenvalue weighted by atomic mass is 9.88. The largest absolute Gasteiger partial charge is 0.598 e. The topological polar surface area (TPSA) is 74.0 Å². The minimum atomic E-state index is -1.27. The summed E-state index contributed by atoms with van der Waals surface area (Å²) in [7, 11) is 0. The predicted molar refractivity (Wildman–Crippen MR) is 126 cm³/mol. The molecule has 0 amide bonds. The lowest BCUT2D eigenvalue weighted by molar-refractivity contribution is 0.458. The Morgan fingerprint density at radius 2 is 1.68 bits per heavy atom. The van der Waals surface area contributed by atoms with E-state index in [9.17, 15) is 4.55 Å². The first kappa shape index (κ1) is 21.6. The number of para-hydroxylation sites is 1. The van der Waals surface area contributed by atoms with E-state index in [-0.39, 0.29) is 12.0 Å². The summed E-state index contributed by atoms with van der Waals surface area (Å²) >= 11 is -1.27. The maximum atomic E-state index is 13.1. The molecule has 2 aromatic carbocycles. The highest BCUT2D eigenvalue weighted by molar-refractivity contribution is 7.90. The van der Waals surface area contributed by atoms with Gasteiger partial charge in [0, 0.05) is 40.1 Å². The summed E-state index contributed by atoms with van der Waals surface area (Å²) in [5, 5.41) is 5.33. The smallest absolute Gasteiger partial charge is 0.167 e. The molecular formula is C25H27N3O2S. The highest BCUT2D eigenvalue weighted by Crippen LogP contribution is 2.39. The second kappa shape index (κ2) is 8.83. The summed E-state index contributed by atoms with van der Waals surface area (Å²) in [6.07, 6.45) is 1.79. The first-order valence-electron chi connectivity index (χ1n) is 10.4. The molecule has 0 radical (unpaired) electrons. The summed E-state index contributed by atoms with van der Waals surface area (Å²) in [5.74, 6) is -0.0215. The van der Waals surface area contributed by atoms with Gasteiger partial charge in [0.1, 0.15) is 10.4 Å². The van der Waals surface area contributed by atoms with Gasteiger partial charge >= 0.3 is 0 Å². The van der Waals surface area contributed by atoms with Gasteiger partial charge in [-0.25, -0.2) is 0 Å². The fourth-order valence-electron chi connectivity index (χ4n) is 3.61. The van der Waals surface area contributed by atoms with Crippen molar-refractivity contribution in [2.24, 2.45) is 0 Å². The molecule has 6 heteroatoms. The SMILES string of the molecule is C[C@H](c1ccccn1)[C@@H](N[S@@+]([O-])C(C)(C)C)c1ccccc1-c1noc2ccccc12. The van der Waals surface area contributed by atoms with Crippen LogP contribution < -0.4 is 4.72 Å². The lowest BCUT2D eigenvalue weighted by Crippen LogP contribution is -2.42. The van der Waals surface area contributed by atoms with Crippen molar-refractivity contribution >= 4 is 22.3 Å². The minimum Gasteiger partial charge on any atom is -0.598 e. The zero-order chi connectivity index (χ0) is 22.0. The number of hydrogen-bond acceptors (Lipinski definition) is 5. The van der Waals surface area contributed by atoms with E-state index in [2.05, 4.69) is 27.9 Å². The normalized spacial score (nSPS) is 15.0. The van der Waals surface area contributed by atoms with Crippen LogP contribution in [0.3, 0.4) is 0 Å². The van der Waals surface area contributed by atoms with E-state index in [1.54, 1.807) is 6.20 Å². The zero-order valence-corrected chi connectivity index (χ0v) is 19.0. The fourth-order valence-corrected chi connectivity index (χ4v) is 4.52. The zero-order valence-electron chi connectivity index (χ0n) is 18.2. The van der Waals surface area contributed by atoms with Crippen LogP contribution in [0.1, 0.15) is 50.9 Å². The molecule has 0 spiro atoms. The van der Waals surface area contributed by atoms with Gasteiger partial charge in [0.15, 0.2) is 5.58 Å². The van der Waals surface area contributed by atoms with Crippen molar-refractivity contribution < 1.29 is 9.08 Å². The van der Waals surface area contributed by atoms with Crippen LogP contribution in [-0.4, -0.2) is 19.4 Å². The molecule has 0 saturated carbocycles. The van der Waals surface area contributed by atoms with Gasteiger partial charge < -0.3 is 9.08 Å². The Hall–Kier alpha value is -2.67. The average molecular weight is 434 g/mol. The second-order valence-electron chi connectivity index (χ2n) is 8.63. The minimum absolute atomic E-state index is 0.0215. The summed E-state index contributed by atoms with van der Waals surface area (Å²) in [6, 6.07) is 21.6. The molecule has 2 heterocycles. The molecule has 0 aliphatic carbocycles. The number of aromatic nitrogens is 2.